The van der Waals surface area contributed by atoms with Crippen LogP contribution in [-0.2, 0) is 4.79 Å². The standard InChI is InChI=1S/C20H29N3O/c1-4-14(2)22-20(24)15(3)23-11-9-16(10-12-23)18-13-21-19-8-6-5-7-17(18)19/h5-8,13-16,21H,4,9-12H2,1-3H3,(H,22,24). The summed E-state index contributed by atoms with van der Waals surface area (Å²) in [5, 5.41) is 4.45. The fourth-order valence-electron chi connectivity index (χ4n) is 3.66. The van der Waals surface area contributed by atoms with Crippen molar-refractivity contribution < 1.29 is 4.79 Å². The molecule has 2 atom stereocenters. The number of para-hydroxylation sites is 1. The first-order chi connectivity index (χ1) is 11.6. The molecule has 2 aromatic rings. The molecule has 0 bridgehead atoms. The molecule has 0 spiro atoms. The summed E-state index contributed by atoms with van der Waals surface area (Å²) in [5.74, 6) is 0.747. The summed E-state index contributed by atoms with van der Waals surface area (Å²) in [5.41, 5.74) is 2.65. The lowest BCUT2D eigenvalue weighted by Gasteiger charge is -2.35. The van der Waals surface area contributed by atoms with Gasteiger partial charge in [0.1, 0.15) is 0 Å². The van der Waals surface area contributed by atoms with Crippen LogP contribution in [0.15, 0.2) is 30.5 Å². The number of aromatic amines is 1. The molecule has 1 aliphatic heterocycles. The highest BCUT2D eigenvalue weighted by Crippen LogP contribution is 2.33. The summed E-state index contributed by atoms with van der Waals surface area (Å²) in [4.78, 5) is 18.0. The van der Waals surface area contributed by atoms with Gasteiger partial charge in [-0.2, -0.15) is 0 Å². The zero-order valence-corrected chi connectivity index (χ0v) is 15.0. The number of hydrogen-bond donors (Lipinski definition) is 2. The molecular weight excluding hydrogens is 298 g/mol. The summed E-state index contributed by atoms with van der Waals surface area (Å²) in [6, 6.07) is 8.73. The van der Waals surface area contributed by atoms with Crippen LogP contribution >= 0.6 is 0 Å². The van der Waals surface area contributed by atoms with Crippen LogP contribution in [0.1, 0.15) is 51.5 Å². The molecule has 0 aliphatic carbocycles. The van der Waals surface area contributed by atoms with Crippen molar-refractivity contribution in [2.24, 2.45) is 0 Å². The van der Waals surface area contributed by atoms with Crippen LogP contribution in [0, 0.1) is 0 Å². The zero-order valence-electron chi connectivity index (χ0n) is 15.0. The summed E-state index contributed by atoms with van der Waals surface area (Å²) < 4.78 is 0. The predicted octanol–water partition coefficient (Wildman–Crippen LogP) is 3.65. The minimum absolute atomic E-state index is 0.0390. The highest BCUT2D eigenvalue weighted by molar-refractivity contribution is 5.83. The van der Waals surface area contributed by atoms with Crippen molar-refractivity contribution in [3.8, 4) is 0 Å². The van der Waals surface area contributed by atoms with Gasteiger partial charge >= 0.3 is 0 Å². The van der Waals surface area contributed by atoms with E-state index in [1.165, 1.54) is 16.5 Å². The number of carbonyl (C=O) groups excluding carboxylic acids is 1. The second kappa shape index (κ2) is 7.39. The largest absolute Gasteiger partial charge is 0.361 e. The van der Waals surface area contributed by atoms with Crippen LogP contribution in [0.2, 0.25) is 0 Å². The summed E-state index contributed by atoms with van der Waals surface area (Å²) in [6.07, 6.45) is 5.37. The average molecular weight is 327 g/mol. The smallest absolute Gasteiger partial charge is 0.237 e. The monoisotopic (exact) mass is 327 g/mol. The van der Waals surface area contributed by atoms with E-state index < -0.39 is 0 Å². The van der Waals surface area contributed by atoms with E-state index in [0.717, 1.165) is 32.4 Å². The molecule has 1 saturated heterocycles. The summed E-state index contributed by atoms with van der Waals surface area (Å²) in [6.45, 7) is 8.17. The van der Waals surface area contributed by atoms with Crippen LogP contribution in [0.3, 0.4) is 0 Å². The Balaban J connectivity index is 1.60. The molecule has 0 radical (unpaired) electrons. The molecule has 4 nitrogen and oxygen atoms in total. The number of carbonyl (C=O) groups is 1. The predicted molar refractivity (Wildman–Crippen MR) is 99.2 cm³/mol. The van der Waals surface area contributed by atoms with Crippen molar-refractivity contribution in [3.05, 3.63) is 36.0 Å². The van der Waals surface area contributed by atoms with E-state index in [-0.39, 0.29) is 18.0 Å². The van der Waals surface area contributed by atoms with Crippen molar-refractivity contribution in [2.75, 3.05) is 13.1 Å². The van der Waals surface area contributed by atoms with Gasteiger partial charge in [-0.05, 0) is 63.7 Å². The molecule has 1 aromatic heterocycles. The lowest BCUT2D eigenvalue weighted by atomic mass is 9.88. The number of aromatic nitrogens is 1. The Morgan fingerprint density at radius 3 is 2.71 bits per heavy atom. The third-order valence-electron chi connectivity index (χ3n) is 5.52. The van der Waals surface area contributed by atoms with E-state index in [9.17, 15) is 4.79 Å². The molecule has 24 heavy (non-hydrogen) atoms. The Kier molecular flexibility index (Phi) is 5.24. The number of hydrogen-bond acceptors (Lipinski definition) is 2. The normalized spacial score (nSPS) is 19.3. The molecular formula is C20H29N3O. The fourth-order valence-corrected chi connectivity index (χ4v) is 3.66. The number of nitrogens with one attached hydrogen (secondary N) is 2. The first-order valence-electron chi connectivity index (χ1n) is 9.20. The van der Waals surface area contributed by atoms with Gasteiger partial charge in [-0.25, -0.2) is 0 Å². The van der Waals surface area contributed by atoms with Gasteiger partial charge in [0.2, 0.25) is 5.91 Å². The summed E-state index contributed by atoms with van der Waals surface area (Å²) >= 11 is 0. The Labute approximate surface area is 144 Å². The van der Waals surface area contributed by atoms with E-state index in [1.54, 1.807) is 0 Å². The zero-order chi connectivity index (χ0) is 17.1. The topological polar surface area (TPSA) is 48.1 Å². The van der Waals surface area contributed by atoms with Crippen molar-refractivity contribution in [3.63, 3.8) is 0 Å². The maximum absolute atomic E-state index is 12.3. The van der Waals surface area contributed by atoms with Crippen molar-refractivity contribution in [1.29, 1.82) is 0 Å². The number of likely N-dealkylation sites (tertiary alicyclic amines) is 1. The number of benzene rings is 1. The van der Waals surface area contributed by atoms with Gasteiger partial charge in [0.25, 0.3) is 0 Å². The molecule has 1 aliphatic rings. The molecule has 1 amide bonds. The Morgan fingerprint density at radius 2 is 2.00 bits per heavy atom. The first-order valence-corrected chi connectivity index (χ1v) is 9.20. The van der Waals surface area contributed by atoms with Crippen molar-refractivity contribution in [2.45, 2.75) is 58.0 Å². The van der Waals surface area contributed by atoms with Crippen LogP contribution < -0.4 is 5.32 Å². The van der Waals surface area contributed by atoms with E-state index >= 15 is 0 Å². The molecule has 4 heteroatoms. The van der Waals surface area contributed by atoms with Gasteiger partial charge in [-0.1, -0.05) is 25.1 Å². The Morgan fingerprint density at radius 1 is 1.29 bits per heavy atom. The van der Waals surface area contributed by atoms with Gasteiger partial charge < -0.3 is 10.3 Å². The van der Waals surface area contributed by atoms with Crippen LogP contribution in [0.4, 0.5) is 0 Å². The van der Waals surface area contributed by atoms with Crippen molar-refractivity contribution in [1.82, 2.24) is 15.2 Å². The Hall–Kier alpha value is -1.81. The van der Waals surface area contributed by atoms with Gasteiger partial charge in [0, 0.05) is 23.1 Å². The number of nitrogens with zero attached hydrogens (tertiary/aromatic N) is 1. The lowest BCUT2D eigenvalue weighted by Crippen LogP contribution is -2.49. The van der Waals surface area contributed by atoms with Gasteiger partial charge in [0.05, 0.1) is 6.04 Å². The average Bonchev–Trinajstić information content (AvgIpc) is 3.05. The van der Waals surface area contributed by atoms with Crippen LogP contribution in [-0.4, -0.2) is 41.0 Å². The van der Waals surface area contributed by atoms with E-state index in [0.29, 0.717) is 5.92 Å². The van der Waals surface area contributed by atoms with Gasteiger partial charge in [-0.15, -0.1) is 0 Å². The maximum atomic E-state index is 12.3. The molecule has 1 aromatic carbocycles. The first kappa shape index (κ1) is 17.0. The van der Waals surface area contributed by atoms with Gasteiger partial charge in [-0.3, -0.25) is 9.69 Å². The molecule has 2 N–H and O–H groups in total. The number of rotatable bonds is 5. The molecule has 130 valence electrons. The van der Waals surface area contributed by atoms with Crippen molar-refractivity contribution >= 4 is 16.8 Å². The third-order valence-corrected chi connectivity index (χ3v) is 5.52. The number of H-pyrrole nitrogens is 1. The molecule has 0 saturated carbocycles. The maximum Gasteiger partial charge on any atom is 0.237 e. The minimum atomic E-state index is -0.0390. The van der Waals surface area contributed by atoms with E-state index in [1.807, 2.05) is 6.92 Å². The highest BCUT2D eigenvalue weighted by atomic mass is 16.2. The number of fused-ring (bicyclic) bond motifs is 1. The van der Waals surface area contributed by atoms with Crippen LogP contribution in [0.5, 0.6) is 0 Å². The molecule has 1 fully saturated rings. The minimum Gasteiger partial charge on any atom is -0.361 e. The number of piperidine rings is 1. The number of amides is 1. The fraction of sp³-hybridized carbons (Fsp3) is 0.550. The van der Waals surface area contributed by atoms with Gasteiger partial charge in [0.15, 0.2) is 0 Å². The molecule has 2 heterocycles. The van der Waals surface area contributed by atoms with E-state index in [4.69, 9.17) is 0 Å². The Bertz CT molecular complexity index is 685. The second-order valence-electron chi connectivity index (χ2n) is 7.09. The quantitative estimate of drug-likeness (QED) is 0.880. The SMILES string of the molecule is CCC(C)NC(=O)C(C)N1CCC(c2c[nH]c3ccccc23)CC1. The summed E-state index contributed by atoms with van der Waals surface area (Å²) in [7, 11) is 0. The second-order valence-corrected chi connectivity index (χ2v) is 7.09. The lowest BCUT2D eigenvalue weighted by molar-refractivity contribution is -0.126. The molecule has 3 rings (SSSR count). The third kappa shape index (κ3) is 3.48. The van der Waals surface area contributed by atoms with Crippen LogP contribution in [0.25, 0.3) is 10.9 Å². The molecule has 2 unspecified atom stereocenters. The van der Waals surface area contributed by atoms with E-state index in [2.05, 4.69) is 59.5 Å². The highest BCUT2D eigenvalue weighted by Gasteiger charge is 2.28.